The molecule has 0 spiro atoms. The van der Waals surface area contributed by atoms with Crippen molar-refractivity contribution in [2.45, 2.75) is 90.3 Å². The van der Waals surface area contributed by atoms with Crippen molar-refractivity contribution in [2.24, 2.45) is 17.8 Å². The molecule has 4 unspecified atom stereocenters. The highest BCUT2D eigenvalue weighted by Crippen LogP contribution is 2.53. The normalized spacial score (nSPS) is 30.7. The van der Waals surface area contributed by atoms with Crippen molar-refractivity contribution >= 4 is 17.8 Å². The van der Waals surface area contributed by atoms with Crippen LogP contribution in [0.15, 0.2) is 12.1 Å². The van der Waals surface area contributed by atoms with Gasteiger partial charge in [-0.25, -0.2) is 0 Å². The van der Waals surface area contributed by atoms with Gasteiger partial charge >= 0.3 is 5.97 Å². The fraction of sp³-hybridized carbons (Fsp3) is 0.654. The predicted octanol–water partition coefficient (Wildman–Crippen LogP) is 3.85. The number of likely N-dealkylation sites (tertiary alicyclic amines) is 1. The maximum Gasteiger partial charge on any atom is 0.324 e. The Balaban J connectivity index is 1.85. The molecular formula is C26H36N2O5. The quantitative estimate of drug-likeness (QED) is 0.594. The van der Waals surface area contributed by atoms with Crippen LogP contribution in [-0.4, -0.2) is 44.0 Å². The summed E-state index contributed by atoms with van der Waals surface area (Å²) >= 11 is 0. The van der Waals surface area contributed by atoms with Crippen molar-refractivity contribution in [3.05, 3.63) is 28.8 Å². The van der Waals surface area contributed by atoms with Crippen LogP contribution >= 0.6 is 0 Å². The van der Waals surface area contributed by atoms with Gasteiger partial charge < -0.3 is 10.2 Å². The molecule has 0 bridgehead atoms. The number of aromatic hydroxyl groups is 1. The monoisotopic (exact) mass is 456 g/mol. The number of hydrogen-bond acceptors (Lipinski definition) is 5. The van der Waals surface area contributed by atoms with Crippen molar-refractivity contribution < 1.29 is 24.6 Å². The van der Waals surface area contributed by atoms with Gasteiger partial charge in [0.1, 0.15) is 11.3 Å². The minimum atomic E-state index is -1.50. The van der Waals surface area contributed by atoms with Gasteiger partial charge in [-0.15, -0.1) is 0 Å². The third-order valence-electron chi connectivity index (χ3n) is 7.91. The molecule has 180 valence electrons. The molecule has 4 rings (SSSR count). The highest BCUT2D eigenvalue weighted by Gasteiger charge is 2.69. The molecule has 33 heavy (non-hydrogen) atoms. The molecule has 1 aliphatic carbocycles. The van der Waals surface area contributed by atoms with E-state index >= 15 is 0 Å². The molecule has 3 fully saturated rings. The van der Waals surface area contributed by atoms with Crippen LogP contribution in [-0.2, 0) is 14.4 Å². The third-order valence-corrected chi connectivity index (χ3v) is 7.91. The van der Waals surface area contributed by atoms with Crippen molar-refractivity contribution in [2.75, 3.05) is 0 Å². The maximum absolute atomic E-state index is 13.7. The molecule has 2 aliphatic heterocycles. The van der Waals surface area contributed by atoms with Gasteiger partial charge in [-0.3, -0.25) is 24.6 Å². The smallest absolute Gasteiger partial charge is 0.324 e. The first-order valence-corrected chi connectivity index (χ1v) is 12.1. The van der Waals surface area contributed by atoms with Crippen LogP contribution in [0.4, 0.5) is 0 Å². The lowest BCUT2D eigenvalue weighted by Crippen LogP contribution is -2.58. The molecule has 2 heterocycles. The average Bonchev–Trinajstić information content (AvgIpc) is 3.21. The van der Waals surface area contributed by atoms with Gasteiger partial charge in [-0.05, 0) is 63.6 Å². The first-order chi connectivity index (χ1) is 15.4. The summed E-state index contributed by atoms with van der Waals surface area (Å²) in [5, 5.41) is 24.2. The predicted molar refractivity (Wildman–Crippen MR) is 124 cm³/mol. The summed E-state index contributed by atoms with van der Waals surface area (Å²) < 4.78 is 0. The number of carboxylic acids is 1. The number of nitrogens with zero attached hydrogens (tertiary/aromatic N) is 1. The van der Waals surface area contributed by atoms with Crippen molar-refractivity contribution in [1.29, 1.82) is 0 Å². The molecule has 1 saturated carbocycles. The number of carboxylic acid groups (broad SMARTS) is 1. The number of phenols is 1. The second-order valence-electron chi connectivity index (χ2n) is 11.3. The van der Waals surface area contributed by atoms with E-state index < -0.39 is 40.8 Å². The van der Waals surface area contributed by atoms with Crippen molar-refractivity contribution in [1.82, 2.24) is 10.2 Å². The molecule has 2 amide bonds. The summed E-state index contributed by atoms with van der Waals surface area (Å²) in [5.41, 5.74) is -0.176. The molecule has 2 saturated heterocycles. The standard InChI is InChI=1S/C26H36N2O5/c1-14-11-17(12-15(2)21(14)29)20-18-19(23(31)28(22(18)30)25(3,4)5)26(27-20,24(32)33)13-16-9-7-6-8-10-16/h11-12,16,18-20,27,29H,6-10,13H2,1-5H3,(H,32,33). The lowest BCUT2D eigenvalue weighted by Gasteiger charge is -2.37. The summed E-state index contributed by atoms with van der Waals surface area (Å²) in [4.78, 5) is 41.6. The fourth-order valence-electron chi connectivity index (χ4n) is 6.44. The third kappa shape index (κ3) is 3.74. The van der Waals surface area contributed by atoms with E-state index in [1.54, 1.807) is 26.0 Å². The van der Waals surface area contributed by atoms with E-state index in [9.17, 15) is 24.6 Å². The summed E-state index contributed by atoms with van der Waals surface area (Å²) in [6, 6.07) is 2.98. The van der Waals surface area contributed by atoms with Crippen LogP contribution in [0.3, 0.4) is 0 Å². The van der Waals surface area contributed by atoms with E-state index in [-0.39, 0.29) is 17.6 Å². The Labute approximate surface area is 195 Å². The lowest BCUT2D eigenvalue weighted by atomic mass is 9.72. The van der Waals surface area contributed by atoms with Crippen LogP contribution in [0, 0.1) is 31.6 Å². The molecule has 7 heteroatoms. The van der Waals surface area contributed by atoms with Crippen LogP contribution in [0.1, 0.15) is 82.0 Å². The molecule has 3 N–H and O–H groups in total. The Kier molecular flexibility index (Phi) is 5.84. The van der Waals surface area contributed by atoms with Gasteiger partial charge in [0, 0.05) is 11.6 Å². The van der Waals surface area contributed by atoms with E-state index in [0.29, 0.717) is 17.5 Å². The van der Waals surface area contributed by atoms with E-state index in [2.05, 4.69) is 5.32 Å². The number of benzene rings is 1. The van der Waals surface area contributed by atoms with E-state index in [0.717, 1.165) is 37.7 Å². The minimum absolute atomic E-state index is 0.185. The first kappa shape index (κ1) is 23.7. The second-order valence-corrected chi connectivity index (χ2v) is 11.3. The number of nitrogens with one attached hydrogen (secondary N) is 1. The number of rotatable bonds is 4. The van der Waals surface area contributed by atoms with Crippen molar-refractivity contribution in [3.63, 3.8) is 0 Å². The summed E-state index contributed by atoms with van der Waals surface area (Å²) in [5.74, 6) is -3.12. The molecule has 1 aromatic carbocycles. The molecule has 0 aromatic heterocycles. The van der Waals surface area contributed by atoms with Gasteiger partial charge in [0.05, 0.1) is 11.8 Å². The van der Waals surface area contributed by atoms with Gasteiger partial charge in [0.2, 0.25) is 11.8 Å². The minimum Gasteiger partial charge on any atom is -0.507 e. The average molecular weight is 457 g/mol. The Bertz CT molecular complexity index is 968. The van der Waals surface area contributed by atoms with Gasteiger partial charge in [0.15, 0.2) is 0 Å². The molecule has 1 aromatic rings. The Hall–Kier alpha value is -2.41. The highest BCUT2D eigenvalue weighted by molar-refractivity contribution is 6.10. The second kappa shape index (κ2) is 8.12. The number of imide groups is 1. The molecule has 7 nitrogen and oxygen atoms in total. The maximum atomic E-state index is 13.7. The SMILES string of the molecule is Cc1cc(C2NC(CC3CCCCC3)(C(=O)O)C3C(=O)N(C(C)(C)C)C(=O)C23)cc(C)c1O. The Morgan fingerprint density at radius 2 is 1.67 bits per heavy atom. The molecule has 4 atom stereocenters. The largest absolute Gasteiger partial charge is 0.507 e. The number of aryl methyl sites for hydroxylation is 2. The Morgan fingerprint density at radius 1 is 1.09 bits per heavy atom. The fourth-order valence-corrected chi connectivity index (χ4v) is 6.44. The highest BCUT2D eigenvalue weighted by atomic mass is 16.4. The number of carbonyl (C=O) groups is 3. The van der Waals surface area contributed by atoms with Crippen molar-refractivity contribution in [3.8, 4) is 5.75 Å². The summed E-state index contributed by atoms with van der Waals surface area (Å²) in [6.07, 6.45) is 5.51. The van der Waals surface area contributed by atoms with Crippen LogP contribution in [0.2, 0.25) is 0 Å². The number of amides is 2. The number of phenolic OH excluding ortho intramolecular Hbond substituents is 1. The number of aliphatic carboxylic acids is 1. The number of fused-ring (bicyclic) bond motifs is 1. The molecular weight excluding hydrogens is 420 g/mol. The topological polar surface area (TPSA) is 107 Å². The van der Waals surface area contributed by atoms with Gasteiger partial charge in [-0.1, -0.05) is 44.2 Å². The van der Waals surface area contributed by atoms with Crippen LogP contribution in [0.5, 0.6) is 5.75 Å². The zero-order valence-corrected chi connectivity index (χ0v) is 20.3. The molecule has 0 radical (unpaired) electrons. The Morgan fingerprint density at radius 3 is 2.18 bits per heavy atom. The van der Waals surface area contributed by atoms with E-state index in [1.165, 1.54) is 4.90 Å². The molecule has 3 aliphatic rings. The number of hydrogen-bond donors (Lipinski definition) is 3. The van der Waals surface area contributed by atoms with Gasteiger partial charge in [-0.2, -0.15) is 0 Å². The van der Waals surface area contributed by atoms with Crippen LogP contribution < -0.4 is 5.32 Å². The first-order valence-electron chi connectivity index (χ1n) is 12.1. The van der Waals surface area contributed by atoms with Gasteiger partial charge in [0.25, 0.3) is 0 Å². The zero-order chi connectivity index (χ0) is 24.3. The lowest BCUT2D eigenvalue weighted by molar-refractivity contribution is -0.154. The zero-order valence-electron chi connectivity index (χ0n) is 20.3. The van der Waals surface area contributed by atoms with E-state index in [1.807, 2.05) is 20.8 Å². The van der Waals surface area contributed by atoms with E-state index in [4.69, 9.17) is 0 Å². The number of carbonyl (C=O) groups excluding carboxylic acids is 2. The summed E-state index contributed by atoms with van der Waals surface area (Å²) in [6.45, 7) is 9.00. The van der Waals surface area contributed by atoms with Crippen LogP contribution in [0.25, 0.3) is 0 Å². The summed E-state index contributed by atoms with van der Waals surface area (Å²) in [7, 11) is 0.